The average molecular weight is 417 g/mol. The molecule has 0 saturated carbocycles. The maximum absolute atomic E-state index is 12.1. The van der Waals surface area contributed by atoms with Gasteiger partial charge in [0.1, 0.15) is 5.75 Å². The predicted octanol–water partition coefficient (Wildman–Crippen LogP) is 4.89. The Morgan fingerprint density at radius 2 is 2.00 bits per heavy atom. The van der Waals surface area contributed by atoms with Gasteiger partial charge in [-0.3, -0.25) is 4.79 Å². The number of nitrogens with zero attached hydrogens (tertiary/aromatic N) is 1. The molecule has 1 amide bonds. The van der Waals surface area contributed by atoms with Gasteiger partial charge in [-0.25, -0.2) is 5.43 Å². The lowest BCUT2D eigenvalue weighted by Gasteiger charge is -2.13. The summed E-state index contributed by atoms with van der Waals surface area (Å²) < 4.78 is 6.76. The maximum atomic E-state index is 12.1. The molecule has 4 nitrogen and oxygen atoms in total. The lowest BCUT2D eigenvalue weighted by molar-refractivity contribution is -0.127. The third-order valence-corrected chi connectivity index (χ3v) is 5.72. The number of aryl methyl sites for hydroxylation is 1. The van der Waals surface area contributed by atoms with Crippen LogP contribution in [-0.4, -0.2) is 18.2 Å². The van der Waals surface area contributed by atoms with E-state index >= 15 is 0 Å². The Kier molecular flexibility index (Phi) is 5.50. The van der Waals surface area contributed by atoms with Crippen LogP contribution in [0.25, 0.3) is 10.8 Å². The fourth-order valence-corrected chi connectivity index (χ4v) is 3.73. The molecule has 128 valence electrons. The zero-order valence-electron chi connectivity index (χ0n) is 13.8. The summed E-state index contributed by atoms with van der Waals surface area (Å²) in [5.74, 6) is 0.361. The molecule has 1 aromatic heterocycles. The second-order valence-corrected chi connectivity index (χ2v) is 7.70. The number of carbonyl (C=O) groups is 1. The van der Waals surface area contributed by atoms with Crippen LogP contribution in [0.15, 0.2) is 58.1 Å². The number of nitrogens with one attached hydrogen (secondary N) is 1. The SMILES string of the molecule is Cc1sc(/C=N/NC(=O)C(C)Oc2ccc3ccccc3c2)cc1Br. The van der Waals surface area contributed by atoms with Gasteiger partial charge in [-0.2, -0.15) is 5.10 Å². The summed E-state index contributed by atoms with van der Waals surface area (Å²) in [5.41, 5.74) is 2.51. The van der Waals surface area contributed by atoms with E-state index in [2.05, 4.69) is 26.5 Å². The molecule has 6 heteroatoms. The molecule has 0 radical (unpaired) electrons. The predicted molar refractivity (Wildman–Crippen MR) is 107 cm³/mol. The van der Waals surface area contributed by atoms with Crippen molar-refractivity contribution >= 4 is 50.2 Å². The van der Waals surface area contributed by atoms with Crippen LogP contribution in [0.3, 0.4) is 0 Å². The van der Waals surface area contributed by atoms with Gasteiger partial charge in [0.15, 0.2) is 6.10 Å². The Balaban J connectivity index is 1.59. The molecule has 0 saturated heterocycles. The Morgan fingerprint density at radius 1 is 1.24 bits per heavy atom. The van der Waals surface area contributed by atoms with Crippen molar-refractivity contribution in [2.24, 2.45) is 5.10 Å². The molecule has 1 heterocycles. The van der Waals surface area contributed by atoms with E-state index in [0.717, 1.165) is 20.1 Å². The number of hydrogen-bond donors (Lipinski definition) is 1. The molecule has 0 aliphatic rings. The van der Waals surface area contributed by atoms with Gasteiger partial charge in [0.2, 0.25) is 0 Å². The molecule has 0 bridgehead atoms. The van der Waals surface area contributed by atoms with Crippen LogP contribution >= 0.6 is 27.3 Å². The van der Waals surface area contributed by atoms with Gasteiger partial charge in [-0.05, 0) is 58.7 Å². The Labute approximate surface area is 158 Å². The van der Waals surface area contributed by atoms with Gasteiger partial charge in [0.05, 0.1) is 6.21 Å². The van der Waals surface area contributed by atoms with Gasteiger partial charge < -0.3 is 4.74 Å². The van der Waals surface area contributed by atoms with E-state index in [-0.39, 0.29) is 5.91 Å². The van der Waals surface area contributed by atoms with Crippen molar-refractivity contribution in [3.05, 3.63) is 62.8 Å². The van der Waals surface area contributed by atoms with E-state index in [0.29, 0.717) is 5.75 Å². The summed E-state index contributed by atoms with van der Waals surface area (Å²) in [4.78, 5) is 14.3. The van der Waals surface area contributed by atoms with E-state index in [1.54, 1.807) is 24.5 Å². The summed E-state index contributed by atoms with van der Waals surface area (Å²) in [6, 6.07) is 15.7. The van der Waals surface area contributed by atoms with Crippen molar-refractivity contribution in [2.45, 2.75) is 20.0 Å². The van der Waals surface area contributed by atoms with Crippen LogP contribution in [-0.2, 0) is 4.79 Å². The fourth-order valence-electron chi connectivity index (χ4n) is 2.29. The van der Waals surface area contributed by atoms with Crippen molar-refractivity contribution in [1.82, 2.24) is 5.43 Å². The number of halogens is 1. The number of thiophene rings is 1. The molecule has 0 spiro atoms. The molecule has 3 rings (SSSR count). The molecule has 0 aliphatic carbocycles. The van der Waals surface area contributed by atoms with E-state index in [4.69, 9.17) is 4.74 Å². The first-order valence-electron chi connectivity index (χ1n) is 7.77. The third kappa shape index (κ3) is 4.46. The zero-order valence-corrected chi connectivity index (χ0v) is 16.2. The fraction of sp³-hybridized carbons (Fsp3) is 0.158. The first kappa shape index (κ1) is 17.6. The van der Waals surface area contributed by atoms with Crippen molar-refractivity contribution in [3.63, 3.8) is 0 Å². The number of amides is 1. The van der Waals surface area contributed by atoms with Crippen LogP contribution in [0.4, 0.5) is 0 Å². The van der Waals surface area contributed by atoms with Crippen LogP contribution in [0, 0.1) is 6.92 Å². The number of hydrogen-bond acceptors (Lipinski definition) is 4. The van der Waals surface area contributed by atoms with Gasteiger partial charge in [-0.1, -0.05) is 30.3 Å². The monoisotopic (exact) mass is 416 g/mol. The van der Waals surface area contributed by atoms with Crippen LogP contribution in [0.1, 0.15) is 16.7 Å². The summed E-state index contributed by atoms with van der Waals surface area (Å²) in [7, 11) is 0. The second kappa shape index (κ2) is 7.80. The number of ether oxygens (including phenoxy) is 1. The minimum absolute atomic E-state index is 0.295. The Hall–Kier alpha value is -2.18. The normalized spacial score (nSPS) is 12.4. The highest BCUT2D eigenvalue weighted by atomic mass is 79.9. The molecule has 1 N–H and O–H groups in total. The maximum Gasteiger partial charge on any atom is 0.280 e. The van der Waals surface area contributed by atoms with E-state index < -0.39 is 6.10 Å². The lowest BCUT2D eigenvalue weighted by atomic mass is 10.1. The molecule has 0 fully saturated rings. The Bertz CT molecular complexity index is 917. The average Bonchev–Trinajstić information content (AvgIpc) is 2.92. The van der Waals surface area contributed by atoms with Gasteiger partial charge in [0.25, 0.3) is 5.91 Å². The van der Waals surface area contributed by atoms with Crippen molar-refractivity contribution in [3.8, 4) is 5.75 Å². The summed E-state index contributed by atoms with van der Waals surface area (Å²) in [6.07, 6.45) is 0.985. The molecule has 25 heavy (non-hydrogen) atoms. The molecule has 2 aromatic carbocycles. The van der Waals surface area contributed by atoms with Gasteiger partial charge >= 0.3 is 0 Å². The van der Waals surface area contributed by atoms with Crippen LogP contribution < -0.4 is 10.2 Å². The molecule has 1 unspecified atom stereocenters. The van der Waals surface area contributed by atoms with E-state index in [1.165, 1.54) is 4.88 Å². The standard InChI is InChI=1S/C19H17BrN2O2S/c1-12(19(23)22-21-11-17-10-18(20)13(2)25-17)24-16-8-7-14-5-3-4-6-15(14)9-16/h3-12H,1-2H3,(H,22,23)/b21-11+. The highest BCUT2D eigenvalue weighted by molar-refractivity contribution is 9.10. The highest BCUT2D eigenvalue weighted by Gasteiger charge is 2.14. The molecular formula is C19H17BrN2O2S. The van der Waals surface area contributed by atoms with Crippen molar-refractivity contribution in [1.29, 1.82) is 0 Å². The number of rotatable bonds is 5. The Morgan fingerprint density at radius 3 is 2.72 bits per heavy atom. The molecular weight excluding hydrogens is 400 g/mol. The number of benzene rings is 2. The number of carbonyl (C=O) groups excluding carboxylic acids is 1. The smallest absolute Gasteiger partial charge is 0.280 e. The van der Waals surface area contributed by atoms with Crippen molar-refractivity contribution < 1.29 is 9.53 Å². The van der Waals surface area contributed by atoms with Gasteiger partial charge in [-0.15, -0.1) is 11.3 Å². The first-order valence-corrected chi connectivity index (χ1v) is 9.38. The van der Waals surface area contributed by atoms with E-state index in [1.807, 2.05) is 55.5 Å². The second-order valence-electron chi connectivity index (χ2n) is 5.56. The summed E-state index contributed by atoms with van der Waals surface area (Å²) in [5, 5.41) is 6.20. The van der Waals surface area contributed by atoms with Gasteiger partial charge in [0, 0.05) is 14.2 Å². The quantitative estimate of drug-likeness (QED) is 0.475. The van der Waals surface area contributed by atoms with Crippen LogP contribution in [0.5, 0.6) is 5.75 Å². The lowest BCUT2D eigenvalue weighted by Crippen LogP contribution is -2.33. The topological polar surface area (TPSA) is 50.7 Å². The van der Waals surface area contributed by atoms with Crippen LogP contribution in [0.2, 0.25) is 0 Å². The largest absolute Gasteiger partial charge is 0.481 e. The minimum Gasteiger partial charge on any atom is -0.481 e. The summed E-state index contributed by atoms with van der Waals surface area (Å²) in [6.45, 7) is 3.72. The molecule has 0 aliphatic heterocycles. The first-order chi connectivity index (χ1) is 12.0. The minimum atomic E-state index is -0.643. The number of hydrazone groups is 1. The molecule has 1 atom stereocenters. The van der Waals surface area contributed by atoms with Crippen molar-refractivity contribution in [2.75, 3.05) is 0 Å². The third-order valence-electron chi connectivity index (χ3n) is 3.65. The zero-order chi connectivity index (χ0) is 17.8. The number of fused-ring (bicyclic) bond motifs is 1. The summed E-state index contributed by atoms with van der Waals surface area (Å²) >= 11 is 5.06. The molecule has 3 aromatic rings. The van der Waals surface area contributed by atoms with E-state index in [9.17, 15) is 4.79 Å². The highest BCUT2D eigenvalue weighted by Crippen LogP contribution is 2.25.